The van der Waals surface area contributed by atoms with Gasteiger partial charge in [0.05, 0.1) is 5.02 Å². The highest BCUT2D eigenvalue weighted by Gasteiger charge is 2.23. The van der Waals surface area contributed by atoms with Gasteiger partial charge in [0.25, 0.3) is 0 Å². The number of nitrogens with one attached hydrogen (secondary N) is 1. The zero-order valence-corrected chi connectivity index (χ0v) is 13.8. The molecule has 0 atom stereocenters. The van der Waals surface area contributed by atoms with Gasteiger partial charge in [-0.15, -0.1) is 0 Å². The van der Waals surface area contributed by atoms with Crippen LogP contribution < -0.4 is 10.2 Å². The van der Waals surface area contributed by atoms with Crippen LogP contribution in [0.25, 0.3) is 0 Å². The molecule has 0 aliphatic carbocycles. The van der Waals surface area contributed by atoms with E-state index in [2.05, 4.69) is 15.2 Å². The predicted molar refractivity (Wildman–Crippen MR) is 93.2 cm³/mol. The lowest BCUT2D eigenvalue weighted by Crippen LogP contribution is -2.50. The number of aryl methyl sites for hydroxylation is 1. The highest BCUT2D eigenvalue weighted by atomic mass is 35.5. The summed E-state index contributed by atoms with van der Waals surface area (Å²) in [6.45, 7) is 4.73. The van der Waals surface area contributed by atoms with Crippen molar-refractivity contribution in [3.63, 3.8) is 0 Å². The molecule has 0 saturated carbocycles. The van der Waals surface area contributed by atoms with Gasteiger partial charge in [-0.25, -0.2) is 9.78 Å². The lowest BCUT2D eigenvalue weighted by atomic mass is 10.2. The largest absolute Gasteiger partial charge is 0.352 e. The van der Waals surface area contributed by atoms with Gasteiger partial charge in [-0.3, -0.25) is 0 Å². The maximum absolute atomic E-state index is 12.3. The van der Waals surface area contributed by atoms with E-state index >= 15 is 0 Å². The number of rotatable bonds is 2. The average molecular weight is 331 g/mol. The van der Waals surface area contributed by atoms with Gasteiger partial charge in [-0.2, -0.15) is 0 Å². The van der Waals surface area contributed by atoms with E-state index in [4.69, 9.17) is 11.6 Å². The van der Waals surface area contributed by atoms with E-state index in [9.17, 15) is 4.79 Å². The summed E-state index contributed by atoms with van der Waals surface area (Å²) in [6, 6.07) is 11.4. The molecular weight excluding hydrogens is 312 g/mol. The van der Waals surface area contributed by atoms with Crippen LogP contribution >= 0.6 is 11.6 Å². The van der Waals surface area contributed by atoms with Crippen LogP contribution in [0, 0.1) is 6.92 Å². The van der Waals surface area contributed by atoms with Crippen molar-refractivity contribution in [2.75, 3.05) is 36.4 Å². The highest BCUT2D eigenvalue weighted by molar-refractivity contribution is 6.32. The molecule has 1 aromatic heterocycles. The second-order valence-electron chi connectivity index (χ2n) is 5.58. The fraction of sp³-hybridized carbons (Fsp3) is 0.294. The molecule has 5 nitrogen and oxygen atoms in total. The number of anilines is 2. The van der Waals surface area contributed by atoms with Gasteiger partial charge in [0.15, 0.2) is 0 Å². The Morgan fingerprint density at radius 3 is 2.65 bits per heavy atom. The number of nitrogens with zero attached hydrogens (tertiary/aromatic N) is 3. The molecule has 2 aromatic rings. The number of piperazine rings is 1. The van der Waals surface area contributed by atoms with Crippen LogP contribution in [0.3, 0.4) is 0 Å². The van der Waals surface area contributed by atoms with Gasteiger partial charge in [0.1, 0.15) is 5.82 Å². The van der Waals surface area contributed by atoms with E-state index in [1.165, 1.54) is 0 Å². The zero-order valence-electron chi connectivity index (χ0n) is 13.0. The molecule has 1 aliphatic heterocycles. The Labute approximate surface area is 140 Å². The van der Waals surface area contributed by atoms with E-state index < -0.39 is 0 Å². The molecule has 120 valence electrons. The van der Waals surface area contributed by atoms with Crippen molar-refractivity contribution in [1.29, 1.82) is 0 Å². The summed E-state index contributed by atoms with van der Waals surface area (Å²) in [5.41, 5.74) is 1.95. The molecule has 2 amide bonds. The fourth-order valence-electron chi connectivity index (χ4n) is 2.66. The first-order chi connectivity index (χ1) is 11.1. The second kappa shape index (κ2) is 6.87. The Morgan fingerprint density at radius 2 is 1.96 bits per heavy atom. The number of amides is 2. The number of halogens is 1. The summed E-state index contributed by atoms with van der Waals surface area (Å²) in [4.78, 5) is 20.6. The second-order valence-corrected chi connectivity index (χ2v) is 5.99. The van der Waals surface area contributed by atoms with Gasteiger partial charge in [-0.1, -0.05) is 23.7 Å². The average Bonchev–Trinajstić information content (AvgIpc) is 2.55. The van der Waals surface area contributed by atoms with Crippen molar-refractivity contribution in [2.24, 2.45) is 0 Å². The van der Waals surface area contributed by atoms with Gasteiger partial charge >= 0.3 is 6.03 Å². The molecule has 1 aromatic carbocycles. The first kappa shape index (κ1) is 15.6. The molecule has 1 fully saturated rings. The number of carbonyl (C=O) groups excluding carboxylic acids is 1. The maximum atomic E-state index is 12.3. The van der Waals surface area contributed by atoms with E-state index in [-0.39, 0.29) is 6.03 Å². The third-order valence-corrected chi connectivity index (χ3v) is 4.17. The molecule has 3 rings (SSSR count). The lowest BCUT2D eigenvalue weighted by Gasteiger charge is -2.35. The van der Waals surface area contributed by atoms with Crippen molar-refractivity contribution in [3.8, 4) is 0 Å². The normalized spacial score (nSPS) is 14.7. The van der Waals surface area contributed by atoms with Gasteiger partial charge < -0.3 is 15.1 Å². The molecule has 0 unspecified atom stereocenters. The molecule has 6 heteroatoms. The summed E-state index contributed by atoms with van der Waals surface area (Å²) < 4.78 is 0. The number of carbonyl (C=O) groups is 1. The smallest absolute Gasteiger partial charge is 0.321 e. The fourth-order valence-corrected chi connectivity index (χ4v) is 2.90. The summed E-state index contributed by atoms with van der Waals surface area (Å²) in [6.07, 6.45) is 1.73. The number of pyridine rings is 1. The monoisotopic (exact) mass is 330 g/mol. The van der Waals surface area contributed by atoms with Crippen LogP contribution in [-0.4, -0.2) is 42.1 Å². The van der Waals surface area contributed by atoms with Crippen molar-refractivity contribution < 1.29 is 4.79 Å². The standard InChI is InChI=1S/C17H19ClN4O/c1-13-4-2-5-14(12-13)20-17(23)22-10-8-21(9-11-22)16-15(18)6-3-7-19-16/h2-7,12H,8-11H2,1H3,(H,20,23). The lowest BCUT2D eigenvalue weighted by molar-refractivity contribution is 0.208. The Balaban J connectivity index is 1.58. The topological polar surface area (TPSA) is 48.5 Å². The van der Waals surface area contributed by atoms with Crippen LogP contribution in [0.1, 0.15) is 5.56 Å². The third-order valence-electron chi connectivity index (χ3n) is 3.87. The van der Waals surface area contributed by atoms with Crippen LogP contribution in [-0.2, 0) is 0 Å². The molecule has 0 spiro atoms. The minimum absolute atomic E-state index is 0.0673. The Kier molecular flexibility index (Phi) is 4.67. The first-order valence-corrected chi connectivity index (χ1v) is 7.99. The quantitative estimate of drug-likeness (QED) is 0.918. The number of hydrogen-bond donors (Lipinski definition) is 1. The van der Waals surface area contributed by atoms with Crippen molar-refractivity contribution in [2.45, 2.75) is 6.92 Å². The maximum Gasteiger partial charge on any atom is 0.321 e. The summed E-state index contributed by atoms with van der Waals surface area (Å²) in [5, 5.41) is 3.59. The molecule has 1 aliphatic rings. The van der Waals surface area contributed by atoms with Crippen LogP contribution in [0.15, 0.2) is 42.6 Å². The number of aromatic nitrogens is 1. The van der Waals surface area contributed by atoms with Gasteiger partial charge in [0, 0.05) is 38.1 Å². The highest BCUT2D eigenvalue weighted by Crippen LogP contribution is 2.23. The van der Waals surface area contributed by atoms with E-state index in [0.717, 1.165) is 30.2 Å². The molecular formula is C17H19ClN4O. The molecule has 0 radical (unpaired) electrons. The minimum atomic E-state index is -0.0673. The predicted octanol–water partition coefficient (Wildman–Crippen LogP) is 3.40. The van der Waals surface area contributed by atoms with Crippen LogP contribution in [0.5, 0.6) is 0 Å². The van der Waals surface area contributed by atoms with Crippen molar-refractivity contribution in [3.05, 3.63) is 53.2 Å². The molecule has 0 bridgehead atoms. The first-order valence-electron chi connectivity index (χ1n) is 7.61. The summed E-state index contributed by atoms with van der Waals surface area (Å²) in [7, 11) is 0. The van der Waals surface area contributed by atoms with Crippen LogP contribution in [0.4, 0.5) is 16.3 Å². The SMILES string of the molecule is Cc1cccc(NC(=O)N2CCN(c3ncccc3Cl)CC2)c1. The Morgan fingerprint density at radius 1 is 1.17 bits per heavy atom. The Bertz CT molecular complexity index is 698. The van der Waals surface area contributed by atoms with E-state index in [1.807, 2.05) is 48.2 Å². The number of urea groups is 1. The third kappa shape index (κ3) is 3.74. The molecule has 23 heavy (non-hydrogen) atoms. The zero-order chi connectivity index (χ0) is 16.2. The molecule has 2 heterocycles. The van der Waals surface area contributed by atoms with Crippen molar-refractivity contribution in [1.82, 2.24) is 9.88 Å². The number of hydrogen-bond acceptors (Lipinski definition) is 3. The summed E-state index contributed by atoms with van der Waals surface area (Å²) >= 11 is 6.18. The minimum Gasteiger partial charge on any atom is -0.352 e. The van der Waals surface area contributed by atoms with Crippen molar-refractivity contribution >= 4 is 29.1 Å². The van der Waals surface area contributed by atoms with E-state index in [1.54, 1.807) is 6.20 Å². The summed E-state index contributed by atoms with van der Waals surface area (Å²) in [5.74, 6) is 0.785. The number of benzene rings is 1. The Hall–Kier alpha value is -2.27. The van der Waals surface area contributed by atoms with Crippen LogP contribution in [0.2, 0.25) is 5.02 Å². The van der Waals surface area contributed by atoms with Gasteiger partial charge in [-0.05, 0) is 36.8 Å². The molecule has 1 saturated heterocycles. The van der Waals surface area contributed by atoms with Gasteiger partial charge in [0.2, 0.25) is 0 Å². The molecule has 1 N–H and O–H groups in total. The van der Waals surface area contributed by atoms with E-state index in [0.29, 0.717) is 18.1 Å².